The van der Waals surface area contributed by atoms with Crippen molar-refractivity contribution in [2.45, 2.75) is 19.0 Å². The van der Waals surface area contributed by atoms with Crippen molar-refractivity contribution < 1.29 is 13.9 Å². The van der Waals surface area contributed by atoms with Crippen LogP contribution in [0.5, 0.6) is 5.75 Å². The minimum Gasteiger partial charge on any atom is -0.410 e. The van der Waals surface area contributed by atoms with E-state index < -0.39 is 6.09 Å². The topological polar surface area (TPSA) is 44.8 Å². The Balaban J connectivity index is 1.42. The molecule has 1 aliphatic rings. The van der Waals surface area contributed by atoms with Gasteiger partial charge >= 0.3 is 6.09 Å². The monoisotopic (exact) mass is 439 g/mol. The van der Waals surface area contributed by atoms with Gasteiger partial charge in [0.15, 0.2) is 0 Å². The molecule has 1 N–H and O–H groups in total. The molecule has 0 bridgehead atoms. The molecule has 162 valence electrons. The molecular formula is C24H26FN3O2S. The van der Waals surface area contributed by atoms with Gasteiger partial charge in [0.1, 0.15) is 11.6 Å². The summed E-state index contributed by atoms with van der Waals surface area (Å²) in [4.78, 5) is 18.1. The van der Waals surface area contributed by atoms with Gasteiger partial charge in [0.05, 0.1) is 11.7 Å². The highest BCUT2D eigenvalue weighted by Crippen LogP contribution is 2.30. The van der Waals surface area contributed by atoms with E-state index in [1.807, 2.05) is 48.7 Å². The average Bonchev–Trinajstić information content (AvgIpc) is 3.30. The van der Waals surface area contributed by atoms with Crippen molar-refractivity contribution in [3.8, 4) is 5.75 Å². The third-order valence-corrected chi connectivity index (χ3v) is 6.45. The first kappa shape index (κ1) is 21.3. The first-order valence-electron chi connectivity index (χ1n) is 10.4. The van der Waals surface area contributed by atoms with Crippen molar-refractivity contribution in [1.82, 2.24) is 10.2 Å². The summed E-state index contributed by atoms with van der Waals surface area (Å²) in [6.45, 7) is 5.00. The van der Waals surface area contributed by atoms with Gasteiger partial charge in [-0.2, -0.15) is 0 Å². The number of amides is 1. The molecule has 7 heteroatoms. The first-order chi connectivity index (χ1) is 15.1. The SMILES string of the molecule is CC(NC(=O)Oc1ccccc1)C(c1cccs1)N1CCN(c2ccccc2F)CC1. The van der Waals surface area contributed by atoms with Crippen LogP contribution < -0.4 is 15.0 Å². The van der Waals surface area contributed by atoms with Crippen LogP contribution in [0.3, 0.4) is 0 Å². The van der Waals surface area contributed by atoms with E-state index in [2.05, 4.69) is 21.2 Å². The summed E-state index contributed by atoms with van der Waals surface area (Å²) in [7, 11) is 0. The fourth-order valence-electron chi connectivity index (χ4n) is 4.04. The largest absolute Gasteiger partial charge is 0.412 e. The number of piperazine rings is 1. The van der Waals surface area contributed by atoms with E-state index in [1.54, 1.807) is 29.5 Å². The summed E-state index contributed by atoms with van der Waals surface area (Å²) in [5, 5.41) is 5.04. The van der Waals surface area contributed by atoms with Gasteiger partial charge < -0.3 is 15.0 Å². The van der Waals surface area contributed by atoms with Gasteiger partial charge in [0, 0.05) is 37.1 Å². The minimum absolute atomic E-state index is 0.0195. The van der Waals surface area contributed by atoms with Gasteiger partial charge in [-0.1, -0.05) is 36.4 Å². The highest BCUT2D eigenvalue weighted by atomic mass is 32.1. The Bertz CT molecular complexity index is 976. The molecule has 31 heavy (non-hydrogen) atoms. The van der Waals surface area contributed by atoms with E-state index in [0.717, 1.165) is 26.2 Å². The van der Waals surface area contributed by atoms with E-state index in [1.165, 1.54) is 10.9 Å². The van der Waals surface area contributed by atoms with E-state index in [4.69, 9.17) is 4.74 Å². The molecule has 1 amide bonds. The van der Waals surface area contributed by atoms with Gasteiger partial charge in [-0.15, -0.1) is 11.3 Å². The molecule has 1 aliphatic heterocycles. The number of halogens is 1. The second-order valence-corrected chi connectivity index (χ2v) is 8.55. The number of ether oxygens (including phenoxy) is 1. The zero-order valence-corrected chi connectivity index (χ0v) is 18.2. The van der Waals surface area contributed by atoms with Gasteiger partial charge in [-0.05, 0) is 42.6 Å². The standard InChI is InChI=1S/C24H26FN3O2S/c1-18(26-24(29)30-19-8-3-2-4-9-19)23(22-12-7-17-31-22)28-15-13-27(14-16-28)21-11-6-5-10-20(21)25/h2-12,17-18,23H,13-16H2,1H3,(H,26,29). The van der Waals surface area contributed by atoms with Crippen LogP contribution in [0, 0.1) is 5.82 Å². The quantitative estimate of drug-likeness (QED) is 0.592. The van der Waals surface area contributed by atoms with Crippen molar-refractivity contribution in [2.75, 3.05) is 31.1 Å². The fourth-order valence-corrected chi connectivity index (χ4v) is 5.01. The Hall–Kier alpha value is -2.90. The van der Waals surface area contributed by atoms with Gasteiger partial charge in [-0.25, -0.2) is 9.18 Å². The number of carbonyl (C=O) groups excluding carboxylic acids is 1. The van der Waals surface area contributed by atoms with Crippen LogP contribution in [-0.2, 0) is 0 Å². The van der Waals surface area contributed by atoms with Crippen LogP contribution in [-0.4, -0.2) is 43.2 Å². The van der Waals surface area contributed by atoms with Crippen LogP contribution in [0.15, 0.2) is 72.1 Å². The van der Waals surface area contributed by atoms with Crippen LogP contribution in [0.1, 0.15) is 17.8 Å². The van der Waals surface area contributed by atoms with Crippen molar-refractivity contribution in [1.29, 1.82) is 0 Å². The summed E-state index contributed by atoms with van der Waals surface area (Å²) in [6, 6.07) is 19.9. The van der Waals surface area contributed by atoms with Gasteiger partial charge in [0.2, 0.25) is 0 Å². The molecule has 1 aromatic heterocycles. The molecule has 4 rings (SSSR count). The first-order valence-corrected chi connectivity index (χ1v) is 11.3. The molecule has 3 aromatic rings. The fraction of sp³-hybridized carbons (Fsp3) is 0.292. The Morgan fingerprint density at radius 3 is 2.39 bits per heavy atom. The van der Waals surface area contributed by atoms with Crippen LogP contribution in [0.2, 0.25) is 0 Å². The number of nitrogens with zero attached hydrogens (tertiary/aromatic N) is 2. The maximum absolute atomic E-state index is 14.2. The van der Waals surface area contributed by atoms with Gasteiger partial charge in [-0.3, -0.25) is 4.90 Å². The maximum Gasteiger partial charge on any atom is 0.412 e. The lowest BCUT2D eigenvalue weighted by Gasteiger charge is -2.42. The number of anilines is 1. The lowest BCUT2D eigenvalue weighted by molar-refractivity contribution is 0.146. The molecule has 5 nitrogen and oxygen atoms in total. The summed E-state index contributed by atoms with van der Waals surface area (Å²) >= 11 is 1.68. The van der Waals surface area contributed by atoms with Crippen molar-refractivity contribution in [3.05, 3.63) is 82.8 Å². The normalized spacial score (nSPS) is 16.5. The second-order valence-electron chi connectivity index (χ2n) is 7.57. The average molecular weight is 440 g/mol. The van der Waals surface area contributed by atoms with Gasteiger partial charge in [0.25, 0.3) is 0 Å². The molecule has 0 spiro atoms. The number of rotatable bonds is 6. The molecule has 0 aliphatic carbocycles. The molecule has 1 saturated heterocycles. The third-order valence-electron chi connectivity index (χ3n) is 5.51. The predicted molar refractivity (Wildman–Crippen MR) is 122 cm³/mol. The minimum atomic E-state index is -0.467. The van der Waals surface area contributed by atoms with Crippen LogP contribution in [0.4, 0.5) is 14.9 Å². The molecule has 2 heterocycles. The molecule has 2 aromatic carbocycles. The molecule has 2 atom stereocenters. The number of hydrogen-bond donors (Lipinski definition) is 1. The molecule has 0 saturated carbocycles. The summed E-state index contributed by atoms with van der Waals surface area (Å²) in [6.07, 6.45) is -0.467. The number of para-hydroxylation sites is 2. The number of hydrogen-bond acceptors (Lipinski definition) is 5. The summed E-state index contributed by atoms with van der Waals surface area (Å²) in [5.74, 6) is 0.322. The Labute approximate surface area is 186 Å². The number of benzene rings is 2. The predicted octanol–water partition coefficient (Wildman–Crippen LogP) is 4.93. The molecular weight excluding hydrogens is 413 g/mol. The zero-order chi connectivity index (χ0) is 21.6. The van der Waals surface area contributed by atoms with E-state index in [9.17, 15) is 9.18 Å². The highest BCUT2D eigenvalue weighted by molar-refractivity contribution is 7.10. The van der Waals surface area contributed by atoms with E-state index in [-0.39, 0.29) is 17.9 Å². The number of nitrogens with one attached hydrogen (secondary N) is 1. The van der Waals surface area contributed by atoms with E-state index >= 15 is 0 Å². The molecule has 0 radical (unpaired) electrons. The lowest BCUT2D eigenvalue weighted by atomic mass is 10.0. The molecule has 2 unspecified atom stereocenters. The number of carbonyl (C=O) groups is 1. The third kappa shape index (κ3) is 5.24. The van der Waals surface area contributed by atoms with Crippen LogP contribution >= 0.6 is 11.3 Å². The lowest BCUT2D eigenvalue weighted by Crippen LogP contribution is -2.52. The van der Waals surface area contributed by atoms with Crippen molar-refractivity contribution in [2.24, 2.45) is 0 Å². The second kappa shape index (κ2) is 9.94. The highest BCUT2D eigenvalue weighted by Gasteiger charge is 2.31. The summed E-state index contributed by atoms with van der Waals surface area (Å²) in [5.41, 5.74) is 0.646. The maximum atomic E-state index is 14.2. The zero-order valence-electron chi connectivity index (χ0n) is 17.4. The Morgan fingerprint density at radius 1 is 1.00 bits per heavy atom. The number of thiophene rings is 1. The Kier molecular flexibility index (Phi) is 6.84. The van der Waals surface area contributed by atoms with E-state index in [0.29, 0.717) is 11.4 Å². The van der Waals surface area contributed by atoms with Crippen molar-refractivity contribution >= 4 is 23.1 Å². The smallest absolute Gasteiger partial charge is 0.410 e. The van der Waals surface area contributed by atoms with Crippen molar-refractivity contribution in [3.63, 3.8) is 0 Å². The van der Waals surface area contributed by atoms with Crippen LogP contribution in [0.25, 0.3) is 0 Å². The Morgan fingerprint density at radius 2 is 1.71 bits per heavy atom. The molecule has 1 fully saturated rings. The summed E-state index contributed by atoms with van der Waals surface area (Å²) < 4.78 is 19.6.